The summed E-state index contributed by atoms with van der Waals surface area (Å²) in [4.78, 5) is 12.4. The lowest BCUT2D eigenvalue weighted by atomic mass is 10.1. The second kappa shape index (κ2) is 10.6. The summed E-state index contributed by atoms with van der Waals surface area (Å²) in [6.07, 6.45) is 1.78. The van der Waals surface area contributed by atoms with E-state index in [-0.39, 0.29) is 17.7 Å². The zero-order valence-electron chi connectivity index (χ0n) is 17.2. The van der Waals surface area contributed by atoms with Gasteiger partial charge in [0.05, 0.1) is 11.8 Å². The number of amides is 1. The number of rotatable bonds is 10. The van der Waals surface area contributed by atoms with Crippen LogP contribution in [-0.2, 0) is 17.9 Å². The van der Waals surface area contributed by atoms with Crippen molar-refractivity contribution in [1.82, 2.24) is 20.1 Å². The molecule has 1 aromatic heterocycles. The average molecular weight is 423 g/mol. The fourth-order valence-electron chi connectivity index (χ4n) is 2.94. The maximum absolute atomic E-state index is 12.4. The van der Waals surface area contributed by atoms with Crippen LogP contribution >= 0.6 is 11.8 Å². The number of carbonyl (C=O) groups is 1. The maximum atomic E-state index is 12.4. The predicted octanol–water partition coefficient (Wildman–Crippen LogP) is 4.32. The first-order valence-corrected chi connectivity index (χ1v) is 10.8. The van der Waals surface area contributed by atoms with Crippen LogP contribution in [0.5, 0.6) is 5.75 Å². The Hall–Kier alpha value is -3.06. The first kappa shape index (κ1) is 21.6. The monoisotopic (exact) mass is 422 g/mol. The molecule has 7 heteroatoms. The molecule has 0 saturated heterocycles. The second-order valence-corrected chi connectivity index (χ2v) is 7.78. The van der Waals surface area contributed by atoms with Gasteiger partial charge in [-0.25, -0.2) is 0 Å². The summed E-state index contributed by atoms with van der Waals surface area (Å²) < 4.78 is 7.82. The first-order chi connectivity index (χ1) is 14.6. The van der Waals surface area contributed by atoms with E-state index in [2.05, 4.69) is 22.1 Å². The van der Waals surface area contributed by atoms with Crippen molar-refractivity contribution in [3.63, 3.8) is 0 Å². The minimum Gasteiger partial charge on any atom is -0.485 e. The van der Waals surface area contributed by atoms with E-state index in [1.54, 1.807) is 6.08 Å². The van der Waals surface area contributed by atoms with E-state index >= 15 is 0 Å². The molecule has 30 heavy (non-hydrogen) atoms. The molecule has 0 saturated carbocycles. The Morgan fingerprint density at radius 3 is 2.67 bits per heavy atom. The number of nitrogens with zero attached hydrogens (tertiary/aromatic N) is 3. The molecular weight excluding hydrogens is 396 g/mol. The van der Waals surface area contributed by atoms with Crippen molar-refractivity contribution in [3.05, 3.63) is 84.2 Å². The number of nitrogens with one attached hydrogen (secondary N) is 1. The van der Waals surface area contributed by atoms with E-state index in [1.807, 2.05) is 73.0 Å². The molecule has 156 valence electrons. The minimum atomic E-state index is -0.0535. The van der Waals surface area contributed by atoms with Crippen molar-refractivity contribution in [2.24, 2.45) is 0 Å². The van der Waals surface area contributed by atoms with Gasteiger partial charge in [0, 0.05) is 6.54 Å². The molecule has 3 aromatic rings. The van der Waals surface area contributed by atoms with Crippen LogP contribution in [0.15, 0.2) is 72.4 Å². The topological polar surface area (TPSA) is 69.0 Å². The highest BCUT2D eigenvalue weighted by Crippen LogP contribution is 2.21. The zero-order chi connectivity index (χ0) is 21.3. The lowest BCUT2D eigenvalue weighted by Gasteiger charge is -2.14. The number of aryl methyl sites for hydroxylation is 1. The Labute approximate surface area is 181 Å². The van der Waals surface area contributed by atoms with Crippen LogP contribution in [-0.4, -0.2) is 26.4 Å². The number of aromatic nitrogens is 3. The Bertz CT molecular complexity index is 988. The number of hydrogen-bond donors (Lipinski definition) is 1. The Kier molecular flexibility index (Phi) is 7.68. The number of thioether (sulfide) groups is 1. The Morgan fingerprint density at radius 2 is 1.93 bits per heavy atom. The highest BCUT2D eigenvalue weighted by molar-refractivity contribution is 7.99. The highest BCUT2D eigenvalue weighted by atomic mass is 32.2. The third-order valence-electron chi connectivity index (χ3n) is 4.56. The molecule has 0 bridgehead atoms. The Morgan fingerprint density at radius 1 is 1.20 bits per heavy atom. The van der Waals surface area contributed by atoms with Crippen molar-refractivity contribution >= 4 is 17.7 Å². The lowest BCUT2D eigenvalue weighted by Crippen LogP contribution is -2.28. The van der Waals surface area contributed by atoms with E-state index in [4.69, 9.17) is 4.74 Å². The molecule has 1 heterocycles. The largest absolute Gasteiger partial charge is 0.485 e. The summed E-state index contributed by atoms with van der Waals surface area (Å²) in [5.74, 6) is 1.71. The van der Waals surface area contributed by atoms with Crippen molar-refractivity contribution in [1.29, 1.82) is 0 Å². The SMILES string of the molecule is C=CCn1c(COc2ccccc2C)nnc1SCC(=O)NC(C)c1ccccc1. The van der Waals surface area contributed by atoms with Crippen molar-refractivity contribution < 1.29 is 9.53 Å². The summed E-state index contributed by atoms with van der Waals surface area (Å²) >= 11 is 1.35. The number of hydrogen-bond acceptors (Lipinski definition) is 5. The van der Waals surface area contributed by atoms with Crippen LogP contribution in [0, 0.1) is 6.92 Å². The molecule has 1 amide bonds. The summed E-state index contributed by atoms with van der Waals surface area (Å²) in [6.45, 7) is 8.62. The second-order valence-electron chi connectivity index (χ2n) is 6.84. The van der Waals surface area contributed by atoms with Crippen LogP contribution in [0.3, 0.4) is 0 Å². The number of para-hydroxylation sites is 1. The van der Waals surface area contributed by atoms with Gasteiger partial charge in [-0.2, -0.15) is 0 Å². The summed E-state index contributed by atoms with van der Waals surface area (Å²) in [7, 11) is 0. The van der Waals surface area contributed by atoms with Gasteiger partial charge in [-0.05, 0) is 31.0 Å². The molecule has 2 aromatic carbocycles. The van der Waals surface area contributed by atoms with E-state index < -0.39 is 0 Å². The summed E-state index contributed by atoms with van der Waals surface area (Å²) in [5, 5.41) is 12.2. The van der Waals surface area contributed by atoms with Gasteiger partial charge in [-0.3, -0.25) is 9.36 Å². The normalized spacial score (nSPS) is 11.7. The van der Waals surface area contributed by atoms with Crippen LogP contribution in [0.1, 0.15) is 29.9 Å². The number of allylic oxidation sites excluding steroid dienone is 1. The fourth-order valence-corrected chi connectivity index (χ4v) is 3.72. The summed E-state index contributed by atoms with van der Waals surface area (Å²) in [6, 6.07) is 17.7. The number of ether oxygens (including phenoxy) is 1. The minimum absolute atomic E-state index is 0.0524. The third kappa shape index (κ3) is 5.73. The van der Waals surface area contributed by atoms with Gasteiger partial charge in [0.15, 0.2) is 11.0 Å². The standard InChI is InChI=1S/C23H26N4O2S/c1-4-14-27-21(15-29-20-13-9-8-10-17(20)2)25-26-23(27)30-16-22(28)24-18(3)19-11-6-5-7-12-19/h4-13,18H,1,14-16H2,2-3H3,(H,24,28). The van der Waals surface area contributed by atoms with Crippen molar-refractivity contribution in [2.75, 3.05) is 5.75 Å². The fraction of sp³-hybridized carbons (Fsp3) is 0.261. The molecule has 0 aliphatic rings. The maximum Gasteiger partial charge on any atom is 0.230 e. The molecule has 6 nitrogen and oxygen atoms in total. The Balaban J connectivity index is 1.59. The molecule has 0 radical (unpaired) electrons. The molecular formula is C23H26N4O2S. The van der Waals surface area contributed by atoms with Crippen LogP contribution in [0.25, 0.3) is 0 Å². The molecule has 3 rings (SSSR count). The van der Waals surface area contributed by atoms with E-state index in [1.165, 1.54) is 11.8 Å². The molecule has 0 spiro atoms. The molecule has 0 aliphatic carbocycles. The van der Waals surface area contributed by atoms with E-state index in [0.717, 1.165) is 16.9 Å². The van der Waals surface area contributed by atoms with Crippen LogP contribution < -0.4 is 10.1 Å². The predicted molar refractivity (Wildman–Crippen MR) is 119 cm³/mol. The van der Waals surface area contributed by atoms with E-state index in [9.17, 15) is 4.79 Å². The molecule has 0 fully saturated rings. The van der Waals surface area contributed by atoms with Crippen molar-refractivity contribution in [3.8, 4) is 5.75 Å². The van der Waals surface area contributed by atoms with Gasteiger partial charge in [-0.15, -0.1) is 16.8 Å². The van der Waals surface area contributed by atoms with E-state index in [0.29, 0.717) is 24.1 Å². The number of benzene rings is 2. The highest BCUT2D eigenvalue weighted by Gasteiger charge is 2.15. The van der Waals surface area contributed by atoms with Gasteiger partial charge in [0.2, 0.25) is 5.91 Å². The third-order valence-corrected chi connectivity index (χ3v) is 5.53. The van der Waals surface area contributed by atoms with Gasteiger partial charge in [0.1, 0.15) is 12.4 Å². The van der Waals surface area contributed by atoms with Crippen molar-refractivity contribution in [2.45, 2.75) is 38.2 Å². The average Bonchev–Trinajstić information content (AvgIpc) is 3.14. The van der Waals surface area contributed by atoms with Crippen LogP contribution in [0.4, 0.5) is 0 Å². The van der Waals surface area contributed by atoms with Gasteiger partial charge >= 0.3 is 0 Å². The summed E-state index contributed by atoms with van der Waals surface area (Å²) in [5.41, 5.74) is 2.13. The van der Waals surface area contributed by atoms with Gasteiger partial charge in [-0.1, -0.05) is 66.4 Å². The van der Waals surface area contributed by atoms with Gasteiger partial charge < -0.3 is 10.1 Å². The first-order valence-electron chi connectivity index (χ1n) is 9.77. The lowest BCUT2D eigenvalue weighted by molar-refractivity contribution is -0.119. The number of carbonyl (C=O) groups excluding carboxylic acids is 1. The molecule has 1 N–H and O–H groups in total. The molecule has 1 atom stereocenters. The van der Waals surface area contributed by atoms with Crippen LogP contribution in [0.2, 0.25) is 0 Å². The quantitative estimate of drug-likeness (QED) is 0.389. The molecule has 0 aliphatic heterocycles. The smallest absolute Gasteiger partial charge is 0.230 e. The zero-order valence-corrected chi connectivity index (χ0v) is 18.1. The molecule has 1 unspecified atom stereocenters. The van der Waals surface area contributed by atoms with Gasteiger partial charge in [0.25, 0.3) is 0 Å².